The van der Waals surface area contributed by atoms with Crippen LogP contribution in [-0.4, -0.2) is 23.8 Å². The molecule has 0 amide bonds. The molecule has 2 aliphatic heterocycles. The summed E-state index contributed by atoms with van der Waals surface area (Å²) in [4.78, 5) is 2.50. The average molecular weight is 361 g/mol. The minimum Gasteiger partial charge on any atom is -0.406 e. The fraction of sp³-hybridized carbons (Fsp3) is 0.429. The van der Waals surface area contributed by atoms with E-state index in [9.17, 15) is 13.2 Å². The molecule has 0 N–H and O–H groups in total. The highest BCUT2D eigenvalue weighted by Crippen LogP contribution is 2.33. The van der Waals surface area contributed by atoms with Gasteiger partial charge in [-0.05, 0) is 60.4 Å². The predicted octanol–water partition coefficient (Wildman–Crippen LogP) is 4.96. The van der Waals surface area contributed by atoms with E-state index in [1.807, 2.05) is 0 Å². The summed E-state index contributed by atoms with van der Waals surface area (Å²) in [5.74, 6) is 0.491. The molecular formula is C21H22F3NO. The van der Waals surface area contributed by atoms with Crippen molar-refractivity contribution in [2.75, 3.05) is 6.54 Å². The van der Waals surface area contributed by atoms with Gasteiger partial charge in [0.15, 0.2) is 0 Å². The highest BCUT2D eigenvalue weighted by molar-refractivity contribution is 5.31. The number of benzene rings is 2. The molecule has 2 atom stereocenters. The molecule has 1 fully saturated rings. The zero-order chi connectivity index (χ0) is 18.1. The molecular weight excluding hydrogens is 339 g/mol. The maximum absolute atomic E-state index is 12.3. The van der Waals surface area contributed by atoms with E-state index in [2.05, 4.69) is 33.9 Å². The number of hydrogen-bond donors (Lipinski definition) is 0. The molecule has 5 heteroatoms. The van der Waals surface area contributed by atoms with Gasteiger partial charge in [-0.1, -0.05) is 36.4 Å². The number of alkyl halides is 3. The first-order chi connectivity index (χ1) is 12.5. The standard InChI is InChI=1S/C21H22F3NO/c22-21(23,24)26-20-9-6-15(7-10-20)13-25-14-16-5-8-19(25)12-18-4-2-1-3-17(18)11-16/h1-4,6-7,9-10,16,19H,5,8,11-14H2/t16-,19+/m0/s1. The summed E-state index contributed by atoms with van der Waals surface area (Å²) >= 11 is 0. The summed E-state index contributed by atoms with van der Waals surface area (Å²) in [5.41, 5.74) is 3.95. The summed E-state index contributed by atoms with van der Waals surface area (Å²) in [7, 11) is 0. The summed E-state index contributed by atoms with van der Waals surface area (Å²) in [6.45, 7) is 1.83. The SMILES string of the molecule is FC(F)(F)Oc1ccc(CN2C[C@H]3CC[C@@H]2Cc2ccccc2C3)cc1. The van der Waals surface area contributed by atoms with Crippen molar-refractivity contribution in [1.29, 1.82) is 0 Å². The Kier molecular flexibility index (Phi) is 4.65. The number of hydrogen-bond acceptors (Lipinski definition) is 2. The van der Waals surface area contributed by atoms with Crippen LogP contribution in [-0.2, 0) is 19.4 Å². The number of fused-ring (bicyclic) bond motifs is 2. The molecule has 0 unspecified atom stereocenters. The molecule has 0 spiro atoms. The molecule has 2 aromatic carbocycles. The van der Waals surface area contributed by atoms with Crippen molar-refractivity contribution in [3.8, 4) is 5.75 Å². The maximum atomic E-state index is 12.3. The molecule has 1 saturated heterocycles. The molecule has 2 bridgehead atoms. The molecule has 3 aliphatic rings. The van der Waals surface area contributed by atoms with Crippen LogP contribution in [0.15, 0.2) is 48.5 Å². The number of piperidine rings is 1. The second kappa shape index (κ2) is 6.95. The van der Waals surface area contributed by atoms with E-state index in [1.165, 1.54) is 36.1 Å². The van der Waals surface area contributed by atoms with E-state index in [4.69, 9.17) is 0 Å². The van der Waals surface area contributed by atoms with Gasteiger partial charge < -0.3 is 4.74 Å². The number of rotatable bonds is 3. The summed E-state index contributed by atoms with van der Waals surface area (Å²) in [6, 6.07) is 15.5. The Labute approximate surface area is 151 Å². The predicted molar refractivity (Wildman–Crippen MR) is 93.9 cm³/mol. The lowest BCUT2D eigenvalue weighted by Gasteiger charge is -2.42. The van der Waals surface area contributed by atoms with Gasteiger partial charge in [-0.3, -0.25) is 4.90 Å². The van der Waals surface area contributed by atoms with Gasteiger partial charge in [0.1, 0.15) is 5.75 Å². The molecule has 1 aliphatic carbocycles. The second-order valence-electron chi connectivity index (χ2n) is 7.40. The van der Waals surface area contributed by atoms with Gasteiger partial charge in [-0.15, -0.1) is 13.2 Å². The lowest BCUT2D eigenvalue weighted by Crippen LogP contribution is -2.46. The van der Waals surface area contributed by atoms with Crippen molar-refractivity contribution >= 4 is 0 Å². The van der Waals surface area contributed by atoms with Crippen molar-refractivity contribution in [1.82, 2.24) is 4.90 Å². The minimum atomic E-state index is -4.64. The lowest BCUT2D eigenvalue weighted by molar-refractivity contribution is -0.274. The number of nitrogens with zero attached hydrogens (tertiary/aromatic N) is 1. The lowest BCUT2D eigenvalue weighted by atomic mass is 9.80. The first-order valence-corrected chi connectivity index (χ1v) is 9.12. The van der Waals surface area contributed by atoms with Gasteiger partial charge in [-0.25, -0.2) is 0 Å². The van der Waals surface area contributed by atoms with Crippen LogP contribution in [0.25, 0.3) is 0 Å². The zero-order valence-electron chi connectivity index (χ0n) is 14.5. The van der Waals surface area contributed by atoms with Crippen LogP contribution in [0.5, 0.6) is 5.75 Å². The van der Waals surface area contributed by atoms with Gasteiger partial charge in [-0.2, -0.15) is 0 Å². The first-order valence-electron chi connectivity index (χ1n) is 9.12. The molecule has 2 nitrogen and oxygen atoms in total. The normalized spacial score (nSPS) is 23.2. The monoisotopic (exact) mass is 361 g/mol. The third-order valence-electron chi connectivity index (χ3n) is 5.54. The van der Waals surface area contributed by atoms with Gasteiger partial charge in [0.25, 0.3) is 0 Å². The average Bonchev–Trinajstić information content (AvgIpc) is 2.56. The van der Waals surface area contributed by atoms with E-state index < -0.39 is 6.36 Å². The van der Waals surface area contributed by atoms with Crippen molar-refractivity contribution in [2.45, 2.75) is 44.6 Å². The van der Waals surface area contributed by atoms with Crippen molar-refractivity contribution in [3.63, 3.8) is 0 Å². The van der Waals surface area contributed by atoms with E-state index in [1.54, 1.807) is 12.1 Å². The molecule has 2 aromatic rings. The summed E-state index contributed by atoms with van der Waals surface area (Å²) < 4.78 is 40.8. The Morgan fingerprint density at radius 2 is 1.62 bits per heavy atom. The van der Waals surface area contributed by atoms with Crippen LogP contribution in [0, 0.1) is 5.92 Å². The highest BCUT2D eigenvalue weighted by atomic mass is 19.4. The van der Waals surface area contributed by atoms with Crippen molar-refractivity contribution in [2.24, 2.45) is 5.92 Å². The second-order valence-corrected chi connectivity index (χ2v) is 7.40. The van der Waals surface area contributed by atoms with Gasteiger partial charge in [0.05, 0.1) is 0 Å². The summed E-state index contributed by atoms with van der Waals surface area (Å²) in [6.07, 6.45) is -0.0187. The minimum absolute atomic E-state index is 0.163. The van der Waals surface area contributed by atoms with Crippen LogP contribution >= 0.6 is 0 Å². The Morgan fingerprint density at radius 3 is 2.31 bits per heavy atom. The smallest absolute Gasteiger partial charge is 0.406 e. The van der Waals surface area contributed by atoms with Gasteiger partial charge >= 0.3 is 6.36 Å². The van der Waals surface area contributed by atoms with E-state index in [0.717, 1.165) is 31.5 Å². The summed E-state index contributed by atoms with van der Waals surface area (Å²) in [5, 5.41) is 0. The van der Waals surface area contributed by atoms with Gasteiger partial charge in [0.2, 0.25) is 0 Å². The first kappa shape index (κ1) is 17.4. The molecule has 26 heavy (non-hydrogen) atoms. The number of halogens is 3. The highest BCUT2D eigenvalue weighted by Gasteiger charge is 2.32. The Hall–Kier alpha value is -2.01. The number of ether oxygens (including phenoxy) is 1. The molecule has 0 radical (unpaired) electrons. The van der Waals surface area contributed by atoms with Crippen LogP contribution < -0.4 is 4.74 Å². The fourth-order valence-corrected chi connectivity index (χ4v) is 4.33. The van der Waals surface area contributed by atoms with E-state index in [-0.39, 0.29) is 5.75 Å². The van der Waals surface area contributed by atoms with Gasteiger partial charge in [0, 0.05) is 19.1 Å². The van der Waals surface area contributed by atoms with E-state index >= 15 is 0 Å². The van der Waals surface area contributed by atoms with Crippen LogP contribution in [0.3, 0.4) is 0 Å². The largest absolute Gasteiger partial charge is 0.573 e. The fourth-order valence-electron chi connectivity index (χ4n) is 4.33. The van der Waals surface area contributed by atoms with Crippen molar-refractivity contribution in [3.05, 3.63) is 65.2 Å². The van der Waals surface area contributed by atoms with Crippen LogP contribution in [0.4, 0.5) is 13.2 Å². The van der Waals surface area contributed by atoms with Crippen LogP contribution in [0.1, 0.15) is 29.5 Å². The van der Waals surface area contributed by atoms with Crippen LogP contribution in [0.2, 0.25) is 0 Å². The Balaban J connectivity index is 1.47. The third-order valence-corrected chi connectivity index (χ3v) is 5.54. The molecule has 138 valence electrons. The van der Waals surface area contributed by atoms with E-state index in [0.29, 0.717) is 12.0 Å². The quantitative estimate of drug-likeness (QED) is 0.766. The molecule has 5 rings (SSSR count). The Bertz CT molecular complexity index is 757. The zero-order valence-corrected chi connectivity index (χ0v) is 14.5. The molecule has 2 heterocycles. The third kappa shape index (κ3) is 4.04. The Morgan fingerprint density at radius 1 is 0.923 bits per heavy atom. The molecule has 0 saturated carbocycles. The van der Waals surface area contributed by atoms with Crippen molar-refractivity contribution < 1.29 is 17.9 Å². The molecule has 0 aromatic heterocycles. The maximum Gasteiger partial charge on any atom is 0.573 e. The topological polar surface area (TPSA) is 12.5 Å².